The van der Waals surface area contributed by atoms with Gasteiger partial charge in [0, 0.05) is 24.0 Å². The molecule has 0 amide bonds. The molecule has 0 atom stereocenters. The fourth-order valence-corrected chi connectivity index (χ4v) is 1.91. The van der Waals surface area contributed by atoms with Crippen molar-refractivity contribution in [2.24, 2.45) is 5.73 Å². The molecule has 2 N–H and O–H groups in total. The van der Waals surface area contributed by atoms with Gasteiger partial charge in [-0.15, -0.1) is 0 Å². The molecule has 0 aromatic carbocycles. The third kappa shape index (κ3) is 1.61. The van der Waals surface area contributed by atoms with Crippen molar-refractivity contribution in [1.29, 1.82) is 0 Å². The van der Waals surface area contributed by atoms with Gasteiger partial charge < -0.3 is 10.3 Å². The molecular formula is C10H17N3. The van der Waals surface area contributed by atoms with Gasteiger partial charge in [0.1, 0.15) is 0 Å². The smallest absolute Gasteiger partial charge is 0.0948 e. The van der Waals surface area contributed by atoms with Crippen LogP contribution in [0.5, 0.6) is 0 Å². The summed E-state index contributed by atoms with van der Waals surface area (Å²) in [6.07, 6.45) is 8.47. The summed E-state index contributed by atoms with van der Waals surface area (Å²) in [5.74, 6) is 0. The molecule has 3 nitrogen and oxygen atoms in total. The topological polar surface area (TPSA) is 43.8 Å². The molecule has 1 aromatic heterocycles. The molecule has 72 valence electrons. The zero-order valence-corrected chi connectivity index (χ0v) is 8.16. The molecule has 1 aliphatic carbocycles. The minimum Gasteiger partial charge on any atom is -0.333 e. The molecule has 0 bridgehead atoms. The van der Waals surface area contributed by atoms with E-state index in [1.54, 1.807) is 0 Å². The lowest BCUT2D eigenvalue weighted by Gasteiger charge is -2.38. The van der Waals surface area contributed by atoms with Crippen molar-refractivity contribution in [2.45, 2.75) is 44.7 Å². The molecule has 1 fully saturated rings. The highest BCUT2D eigenvalue weighted by atomic mass is 15.1. The van der Waals surface area contributed by atoms with Gasteiger partial charge in [-0.2, -0.15) is 0 Å². The highest BCUT2D eigenvalue weighted by Crippen LogP contribution is 2.30. The summed E-state index contributed by atoms with van der Waals surface area (Å²) in [7, 11) is 0. The van der Waals surface area contributed by atoms with Crippen LogP contribution in [-0.4, -0.2) is 15.1 Å². The van der Waals surface area contributed by atoms with E-state index in [2.05, 4.69) is 16.5 Å². The zero-order valence-electron chi connectivity index (χ0n) is 8.16. The molecule has 0 unspecified atom stereocenters. The first-order chi connectivity index (χ1) is 6.23. The van der Waals surface area contributed by atoms with Crippen LogP contribution in [-0.2, 0) is 13.0 Å². The van der Waals surface area contributed by atoms with Crippen molar-refractivity contribution >= 4 is 0 Å². The Balaban J connectivity index is 2.08. The van der Waals surface area contributed by atoms with Gasteiger partial charge in [0.05, 0.1) is 6.33 Å². The molecular weight excluding hydrogens is 162 g/mol. The molecule has 1 saturated carbocycles. The standard InChI is InChI=1S/C10H17N3/c1-2-9-6-12-8-13(9)7-10(11)4-3-5-10/h6,8H,2-5,7,11H2,1H3. The van der Waals surface area contributed by atoms with E-state index in [4.69, 9.17) is 5.73 Å². The van der Waals surface area contributed by atoms with Crippen molar-refractivity contribution in [3.05, 3.63) is 18.2 Å². The van der Waals surface area contributed by atoms with Crippen LogP contribution < -0.4 is 5.73 Å². The average Bonchev–Trinajstić information content (AvgIpc) is 2.49. The van der Waals surface area contributed by atoms with Crippen LogP contribution in [0.3, 0.4) is 0 Å². The quantitative estimate of drug-likeness (QED) is 0.760. The summed E-state index contributed by atoms with van der Waals surface area (Å²) in [4.78, 5) is 4.14. The summed E-state index contributed by atoms with van der Waals surface area (Å²) in [6.45, 7) is 3.09. The number of aryl methyl sites for hydroxylation is 1. The average molecular weight is 179 g/mol. The zero-order chi connectivity index (χ0) is 9.31. The van der Waals surface area contributed by atoms with Crippen molar-refractivity contribution in [3.8, 4) is 0 Å². The minimum atomic E-state index is 0.0601. The van der Waals surface area contributed by atoms with E-state index in [9.17, 15) is 0 Å². The van der Waals surface area contributed by atoms with Crippen LogP contribution in [0.15, 0.2) is 12.5 Å². The Bertz CT molecular complexity index is 286. The fraction of sp³-hybridized carbons (Fsp3) is 0.700. The van der Waals surface area contributed by atoms with Gasteiger partial charge in [-0.1, -0.05) is 6.92 Å². The third-order valence-corrected chi connectivity index (χ3v) is 3.00. The summed E-state index contributed by atoms with van der Waals surface area (Å²) < 4.78 is 2.19. The van der Waals surface area contributed by atoms with E-state index in [1.165, 1.54) is 12.1 Å². The van der Waals surface area contributed by atoms with Crippen LogP contribution in [0.4, 0.5) is 0 Å². The molecule has 0 saturated heterocycles. The second-order valence-corrected chi connectivity index (χ2v) is 4.08. The number of hydrogen-bond donors (Lipinski definition) is 1. The molecule has 0 aliphatic heterocycles. The molecule has 1 aliphatic rings. The Morgan fingerprint density at radius 3 is 2.92 bits per heavy atom. The van der Waals surface area contributed by atoms with Crippen LogP contribution in [0.2, 0.25) is 0 Å². The van der Waals surface area contributed by atoms with Crippen LogP contribution in [0.1, 0.15) is 31.9 Å². The molecule has 0 spiro atoms. The maximum atomic E-state index is 6.17. The maximum absolute atomic E-state index is 6.17. The maximum Gasteiger partial charge on any atom is 0.0948 e. The summed E-state index contributed by atoms with van der Waals surface area (Å²) in [5, 5.41) is 0. The predicted octanol–water partition coefficient (Wildman–Crippen LogP) is 1.33. The molecule has 0 radical (unpaired) electrons. The Labute approximate surface area is 79.0 Å². The summed E-state index contributed by atoms with van der Waals surface area (Å²) in [6, 6.07) is 0. The number of imidazole rings is 1. The number of hydrogen-bond acceptors (Lipinski definition) is 2. The second kappa shape index (κ2) is 3.14. The normalized spacial score (nSPS) is 19.8. The molecule has 13 heavy (non-hydrogen) atoms. The van der Waals surface area contributed by atoms with Crippen LogP contribution in [0.25, 0.3) is 0 Å². The first-order valence-electron chi connectivity index (χ1n) is 5.01. The van der Waals surface area contributed by atoms with E-state index in [0.29, 0.717) is 0 Å². The van der Waals surface area contributed by atoms with Gasteiger partial charge >= 0.3 is 0 Å². The third-order valence-electron chi connectivity index (χ3n) is 3.00. The highest BCUT2D eigenvalue weighted by Gasteiger charge is 2.32. The first kappa shape index (κ1) is 8.75. The molecule has 1 aromatic rings. The van der Waals surface area contributed by atoms with Gasteiger partial charge in [0.2, 0.25) is 0 Å². The largest absolute Gasteiger partial charge is 0.333 e. The van der Waals surface area contributed by atoms with Gasteiger partial charge in [-0.25, -0.2) is 4.98 Å². The van der Waals surface area contributed by atoms with Crippen molar-refractivity contribution < 1.29 is 0 Å². The van der Waals surface area contributed by atoms with Crippen LogP contribution in [0, 0.1) is 0 Å². The van der Waals surface area contributed by atoms with Crippen molar-refractivity contribution in [1.82, 2.24) is 9.55 Å². The second-order valence-electron chi connectivity index (χ2n) is 4.08. The minimum absolute atomic E-state index is 0.0601. The lowest BCUT2D eigenvalue weighted by Crippen LogP contribution is -2.50. The van der Waals surface area contributed by atoms with Gasteiger partial charge in [-0.05, 0) is 25.7 Å². The molecule has 1 heterocycles. The van der Waals surface area contributed by atoms with E-state index in [0.717, 1.165) is 25.8 Å². The Morgan fingerprint density at radius 1 is 1.62 bits per heavy atom. The van der Waals surface area contributed by atoms with E-state index >= 15 is 0 Å². The van der Waals surface area contributed by atoms with E-state index in [1.807, 2.05) is 12.5 Å². The Kier molecular flexibility index (Phi) is 2.12. The van der Waals surface area contributed by atoms with E-state index < -0.39 is 0 Å². The number of rotatable bonds is 3. The predicted molar refractivity (Wildman–Crippen MR) is 52.4 cm³/mol. The summed E-state index contributed by atoms with van der Waals surface area (Å²) >= 11 is 0. The molecule has 3 heteroatoms. The fourth-order valence-electron chi connectivity index (χ4n) is 1.91. The van der Waals surface area contributed by atoms with Gasteiger partial charge in [-0.3, -0.25) is 0 Å². The number of nitrogens with two attached hydrogens (primary N) is 1. The van der Waals surface area contributed by atoms with Crippen molar-refractivity contribution in [2.75, 3.05) is 0 Å². The summed E-state index contributed by atoms with van der Waals surface area (Å²) in [5.41, 5.74) is 7.52. The Hall–Kier alpha value is -0.830. The van der Waals surface area contributed by atoms with Gasteiger partial charge in [0.25, 0.3) is 0 Å². The number of nitrogens with zero attached hydrogens (tertiary/aromatic N) is 2. The SMILES string of the molecule is CCc1cncn1CC1(N)CCC1. The van der Waals surface area contributed by atoms with E-state index in [-0.39, 0.29) is 5.54 Å². The monoisotopic (exact) mass is 179 g/mol. The lowest BCUT2D eigenvalue weighted by molar-refractivity contribution is 0.213. The first-order valence-corrected chi connectivity index (χ1v) is 5.01. The number of aromatic nitrogens is 2. The van der Waals surface area contributed by atoms with Crippen molar-refractivity contribution in [3.63, 3.8) is 0 Å². The highest BCUT2D eigenvalue weighted by molar-refractivity contribution is 5.02. The van der Waals surface area contributed by atoms with Gasteiger partial charge in [0.15, 0.2) is 0 Å². The lowest BCUT2D eigenvalue weighted by atomic mass is 9.77. The van der Waals surface area contributed by atoms with Crippen LogP contribution >= 0.6 is 0 Å². The Morgan fingerprint density at radius 2 is 2.38 bits per heavy atom. The molecule has 2 rings (SSSR count).